The molecule has 2 aliphatic rings. The molecule has 2 saturated heterocycles. The summed E-state index contributed by atoms with van der Waals surface area (Å²) < 4.78 is 27.3. The molecule has 25 heavy (non-hydrogen) atoms. The maximum absolute atomic E-state index is 12.9. The highest BCUT2D eigenvalue weighted by Crippen LogP contribution is 2.31. The number of rotatable bonds is 4. The lowest BCUT2D eigenvalue weighted by atomic mass is 10.1. The smallest absolute Gasteiger partial charge is 0.265 e. The van der Waals surface area contributed by atoms with Crippen molar-refractivity contribution in [1.82, 2.24) is 9.21 Å². The summed E-state index contributed by atoms with van der Waals surface area (Å²) in [6.45, 7) is 4.16. The van der Waals surface area contributed by atoms with E-state index in [1.807, 2.05) is 6.92 Å². The van der Waals surface area contributed by atoms with Crippen LogP contribution in [0.4, 0.5) is 0 Å². The van der Waals surface area contributed by atoms with Crippen molar-refractivity contribution in [2.75, 3.05) is 37.7 Å². The predicted octanol–water partition coefficient (Wildman–Crippen LogP) is 1.72. The van der Waals surface area contributed by atoms with Crippen LogP contribution in [0.25, 0.3) is 0 Å². The molecule has 2 N–H and O–H groups in total. The van der Waals surface area contributed by atoms with Crippen LogP contribution in [-0.2, 0) is 10.0 Å². The molecule has 2 atom stereocenters. The van der Waals surface area contributed by atoms with Crippen molar-refractivity contribution in [2.45, 2.75) is 24.3 Å². The van der Waals surface area contributed by atoms with E-state index in [4.69, 9.17) is 5.73 Å². The van der Waals surface area contributed by atoms with Crippen molar-refractivity contribution >= 4 is 51.4 Å². The maximum atomic E-state index is 12.9. The SMILES string of the molecule is CC1CC(CN)CN1C(=O)c1sccc1S(=O)(=O)N1CCSCC1.Cl. The summed E-state index contributed by atoms with van der Waals surface area (Å²) in [5.74, 6) is 1.71. The molecular weight excluding hydrogens is 402 g/mol. The summed E-state index contributed by atoms with van der Waals surface area (Å²) in [6, 6.07) is 1.66. The van der Waals surface area contributed by atoms with Gasteiger partial charge in [-0.2, -0.15) is 16.1 Å². The molecule has 10 heteroatoms. The number of thiophene rings is 1. The lowest BCUT2D eigenvalue weighted by Gasteiger charge is -2.26. The Bertz CT molecular complexity index is 704. The molecule has 0 aliphatic carbocycles. The number of sulfonamides is 1. The molecule has 0 aromatic carbocycles. The first-order valence-corrected chi connectivity index (χ1v) is 11.6. The summed E-state index contributed by atoms with van der Waals surface area (Å²) in [6.07, 6.45) is 0.874. The van der Waals surface area contributed by atoms with Gasteiger partial charge in [0.1, 0.15) is 9.77 Å². The fourth-order valence-electron chi connectivity index (χ4n) is 3.31. The minimum absolute atomic E-state index is 0. The van der Waals surface area contributed by atoms with Gasteiger partial charge >= 0.3 is 0 Å². The summed E-state index contributed by atoms with van der Waals surface area (Å²) in [7, 11) is -3.60. The van der Waals surface area contributed by atoms with Crippen LogP contribution in [0, 0.1) is 5.92 Å². The second-order valence-electron chi connectivity index (χ2n) is 6.27. The molecule has 0 saturated carbocycles. The Kier molecular flexibility index (Phi) is 7.20. The molecule has 3 heterocycles. The first-order valence-electron chi connectivity index (χ1n) is 8.11. The van der Waals surface area contributed by atoms with Crippen LogP contribution in [0.2, 0.25) is 0 Å². The Balaban J connectivity index is 0.00000225. The number of thioether (sulfide) groups is 1. The zero-order chi connectivity index (χ0) is 17.3. The lowest BCUT2D eigenvalue weighted by Crippen LogP contribution is -2.39. The third kappa shape index (κ3) is 4.17. The van der Waals surface area contributed by atoms with Crippen LogP contribution in [0.5, 0.6) is 0 Å². The monoisotopic (exact) mass is 425 g/mol. The molecule has 6 nitrogen and oxygen atoms in total. The normalized spacial score (nSPS) is 25.0. The van der Waals surface area contributed by atoms with Crippen LogP contribution in [0.3, 0.4) is 0 Å². The zero-order valence-electron chi connectivity index (χ0n) is 14.1. The quantitative estimate of drug-likeness (QED) is 0.793. The molecule has 1 aromatic rings. The fraction of sp³-hybridized carbons (Fsp3) is 0.667. The average Bonchev–Trinajstić information content (AvgIpc) is 3.22. The Morgan fingerprint density at radius 1 is 1.36 bits per heavy atom. The molecule has 1 amide bonds. The van der Waals surface area contributed by atoms with Crippen molar-refractivity contribution in [3.63, 3.8) is 0 Å². The van der Waals surface area contributed by atoms with Gasteiger partial charge in [-0.15, -0.1) is 23.7 Å². The van der Waals surface area contributed by atoms with Crippen LogP contribution in [0.1, 0.15) is 23.0 Å². The molecule has 0 spiro atoms. The number of halogens is 1. The van der Waals surface area contributed by atoms with Gasteiger partial charge in [0.25, 0.3) is 5.91 Å². The van der Waals surface area contributed by atoms with E-state index in [0.717, 1.165) is 17.9 Å². The van der Waals surface area contributed by atoms with E-state index < -0.39 is 10.0 Å². The van der Waals surface area contributed by atoms with Gasteiger partial charge in [0.2, 0.25) is 10.0 Å². The number of nitrogens with zero attached hydrogens (tertiary/aromatic N) is 2. The van der Waals surface area contributed by atoms with E-state index in [2.05, 4.69) is 0 Å². The molecule has 0 bridgehead atoms. The van der Waals surface area contributed by atoms with Gasteiger partial charge < -0.3 is 10.6 Å². The summed E-state index contributed by atoms with van der Waals surface area (Å²) in [5, 5.41) is 1.69. The van der Waals surface area contributed by atoms with Gasteiger partial charge in [-0.1, -0.05) is 0 Å². The maximum Gasteiger partial charge on any atom is 0.265 e. The van der Waals surface area contributed by atoms with Gasteiger partial charge in [-0.3, -0.25) is 4.79 Å². The van der Waals surface area contributed by atoms with Crippen LogP contribution < -0.4 is 5.73 Å². The average molecular weight is 426 g/mol. The Hall–Kier alpha value is -0.320. The van der Waals surface area contributed by atoms with Crippen LogP contribution in [-0.4, -0.2) is 67.3 Å². The number of likely N-dealkylation sites (tertiary alicyclic amines) is 1. The van der Waals surface area contributed by atoms with E-state index in [9.17, 15) is 13.2 Å². The number of hydrogen-bond donors (Lipinski definition) is 1. The topological polar surface area (TPSA) is 83.7 Å². The Labute approximate surface area is 163 Å². The first kappa shape index (κ1) is 21.0. The standard InChI is InChI=1S/C15H23N3O3S3.ClH/c1-11-8-12(9-16)10-18(11)15(19)14-13(2-5-23-14)24(20,21)17-3-6-22-7-4-17;/h2,5,11-12H,3-4,6-10,16H2,1H3;1H. The second kappa shape index (κ2) is 8.58. The number of carbonyl (C=O) groups is 1. The molecule has 3 rings (SSSR count). The molecule has 0 radical (unpaired) electrons. The number of amides is 1. The zero-order valence-corrected chi connectivity index (χ0v) is 17.4. The van der Waals surface area contributed by atoms with Crippen molar-refractivity contribution < 1.29 is 13.2 Å². The van der Waals surface area contributed by atoms with E-state index in [-0.39, 0.29) is 29.3 Å². The van der Waals surface area contributed by atoms with Crippen molar-refractivity contribution in [3.05, 3.63) is 16.3 Å². The first-order chi connectivity index (χ1) is 11.4. The minimum Gasteiger partial charge on any atom is -0.335 e. The number of carbonyl (C=O) groups excluding carboxylic acids is 1. The molecular formula is C15H24ClN3O3S3. The van der Waals surface area contributed by atoms with Gasteiger partial charge in [-0.25, -0.2) is 8.42 Å². The Morgan fingerprint density at radius 3 is 2.64 bits per heavy atom. The molecule has 2 aliphatic heterocycles. The van der Waals surface area contributed by atoms with Gasteiger partial charge in [-0.05, 0) is 37.3 Å². The van der Waals surface area contributed by atoms with Gasteiger partial charge in [0, 0.05) is 37.2 Å². The predicted molar refractivity (Wildman–Crippen MR) is 105 cm³/mol. The highest BCUT2D eigenvalue weighted by atomic mass is 35.5. The van der Waals surface area contributed by atoms with Gasteiger partial charge in [0.05, 0.1) is 0 Å². The van der Waals surface area contributed by atoms with Crippen molar-refractivity contribution in [2.24, 2.45) is 11.7 Å². The summed E-state index contributed by atoms with van der Waals surface area (Å²) >= 11 is 2.97. The number of hydrogen-bond acceptors (Lipinski definition) is 6. The molecule has 1 aromatic heterocycles. The minimum atomic E-state index is -3.60. The fourth-order valence-corrected chi connectivity index (χ4v) is 7.24. The van der Waals surface area contributed by atoms with E-state index >= 15 is 0 Å². The molecule has 2 fully saturated rings. The molecule has 2 unspecified atom stereocenters. The van der Waals surface area contributed by atoms with Crippen molar-refractivity contribution in [3.8, 4) is 0 Å². The van der Waals surface area contributed by atoms with E-state index in [1.54, 1.807) is 28.1 Å². The van der Waals surface area contributed by atoms with E-state index in [1.165, 1.54) is 15.6 Å². The second-order valence-corrected chi connectivity index (χ2v) is 10.3. The van der Waals surface area contributed by atoms with Crippen LogP contribution >= 0.6 is 35.5 Å². The highest BCUT2D eigenvalue weighted by Gasteiger charge is 2.37. The van der Waals surface area contributed by atoms with E-state index in [0.29, 0.717) is 37.0 Å². The van der Waals surface area contributed by atoms with Gasteiger partial charge in [0.15, 0.2) is 0 Å². The summed E-state index contributed by atoms with van der Waals surface area (Å²) in [4.78, 5) is 15.2. The summed E-state index contributed by atoms with van der Waals surface area (Å²) in [5.41, 5.74) is 5.73. The number of nitrogens with two attached hydrogens (primary N) is 1. The van der Waals surface area contributed by atoms with Crippen molar-refractivity contribution in [1.29, 1.82) is 0 Å². The molecule has 142 valence electrons. The third-order valence-corrected chi connectivity index (χ3v) is 8.58. The largest absolute Gasteiger partial charge is 0.335 e. The highest BCUT2D eigenvalue weighted by molar-refractivity contribution is 7.99. The van der Waals surface area contributed by atoms with Crippen LogP contribution in [0.15, 0.2) is 16.3 Å². The Morgan fingerprint density at radius 2 is 2.04 bits per heavy atom. The third-order valence-electron chi connectivity index (χ3n) is 4.67. The lowest BCUT2D eigenvalue weighted by molar-refractivity contribution is 0.0744.